The van der Waals surface area contributed by atoms with Crippen LogP contribution in [-0.4, -0.2) is 52.2 Å². The summed E-state index contributed by atoms with van der Waals surface area (Å²) in [6.07, 6.45) is 1.54. The van der Waals surface area contributed by atoms with E-state index in [0.717, 1.165) is 17.7 Å². The second-order valence-corrected chi connectivity index (χ2v) is 9.26. The van der Waals surface area contributed by atoms with Gasteiger partial charge < -0.3 is 14.8 Å². The standard InChI is InChI=1S/C24H24N4O4S/c1-3-6-18-23(30)28-21(26-18)16-7-4-5-8-17(16)27-24(28)33-14(2)22(29)25-15-9-10-19-20(13-15)32-12-11-31-19/h4-5,7-10,13-14,18H,3,6,11-12H2,1-2H3,(H,25,29)/t14-,18-/m1/s1. The van der Waals surface area contributed by atoms with Crippen molar-refractivity contribution in [3.05, 3.63) is 48.0 Å². The Hall–Kier alpha value is -3.33. The van der Waals surface area contributed by atoms with Crippen LogP contribution < -0.4 is 14.8 Å². The number of carbonyl (C=O) groups excluding carboxylic acids is 2. The largest absolute Gasteiger partial charge is 0.486 e. The zero-order valence-electron chi connectivity index (χ0n) is 18.4. The van der Waals surface area contributed by atoms with Crippen molar-refractivity contribution in [2.24, 2.45) is 9.98 Å². The lowest BCUT2D eigenvalue weighted by atomic mass is 10.1. The number of carbonyl (C=O) groups is 2. The van der Waals surface area contributed by atoms with Gasteiger partial charge in [0.15, 0.2) is 16.7 Å². The van der Waals surface area contributed by atoms with Gasteiger partial charge in [-0.25, -0.2) is 9.89 Å². The summed E-state index contributed by atoms with van der Waals surface area (Å²) in [6, 6.07) is 12.5. The van der Waals surface area contributed by atoms with Crippen molar-refractivity contribution in [2.75, 3.05) is 18.5 Å². The number of para-hydroxylation sites is 1. The molecule has 9 heteroatoms. The van der Waals surface area contributed by atoms with Crippen molar-refractivity contribution in [2.45, 2.75) is 38.0 Å². The molecule has 1 N–H and O–H groups in total. The first-order chi connectivity index (χ1) is 16.0. The average Bonchev–Trinajstić information content (AvgIpc) is 3.16. The molecule has 3 aliphatic heterocycles. The first-order valence-electron chi connectivity index (χ1n) is 11.0. The normalized spacial score (nSPS) is 19.3. The Morgan fingerprint density at radius 3 is 2.82 bits per heavy atom. The molecule has 2 amide bonds. The lowest BCUT2D eigenvalue weighted by Crippen LogP contribution is -2.42. The van der Waals surface area contributed by atoms with Crippen LogP contribution in [0.5, 0.6) is 11.5 Å². The van der Waals surface area contributed by atoms with Crippen LogP contribution in [0.4, 0.5) is 11.4 Å². The summed E-state index contributed by atoms with van der Waals surface area (Å²) in [4.78, 5) is 37.1. The van der Waals surface area contributed by atoms with Crippen LogP contribution in [0.1, 0.15) is 32.3 Å². The Morgan fingerprint density at radius 2 is 2.00 bits per heavy atom. The fourth-order valence-electron chi connectivity index (χ4n) is 3.92. The maximum absolute atomic E-state index is 13.1. The molecule has 2 atom stereocenters. The second kappa shape index (κ2) is 8.90. The Bertz CT molecular complexity index is 1180. The third kappa shape index (κ3) is 4.08. The first kappa shape index (κ1) is 21.5. The van der Waals surface area contributed by atoms with Crippen LogP contribution in [0.15, 0.2) is 52.4 Å². The van der Waals surface area contributed by atoms with E-state index >= 15 is 0 Å². The third-order valence-corrected chi connectivity index (χ3v) is 6.62. The molecule has 5 rings (SSSR count). The molecule has 3 heterocycles. The van der Waals surface area contributed by atoms with E-state index in [0.29, 0.717) is 47.8 Å². The second-order valence-electron chi connectivity index (χ2n) is 7.95. The molecule has 0 aromatic heterocycles. The van der Waals surface area contributed by atoms with Gasteiger partial charge in [0.2, 0.25) is 5.91 Å². The predicted molar refractivity (Wildman–Crippen MR) is 129 cm³/mol. The van der Waals surface area contributed by atoms with Crippen molar-refractivity contribution in [3.63, 3.8) is 0 Å². The van der Waals surface area contributed by atoms with Gasteiger partial charge in [0.1, 0.15) is 25.1 Å². The lowest BCUT2D eigenvalue weighted by Gasteiger charge is -2.27. The van der Waals surface area contributed by atoms with E-state index in [4.69, 9.17) is 19.5 Å². The highest BCUT2D eigenvalue weighted by Gasteiger charge is 2.41. The SMILES string of the molecule is CCC[C@H]1N=C2c3ccccc3N=C(S[C@H](C)C(=O)Nc3ccc4c(c3)OCCO4)N2C1=O. The number of ether oxygens (including phenoxy) is 2. The van der Waals surface area contributed by atoms with Crippen LogP contribution in [-0.2, 0) is 9.59 Å². The summed E-state index contributed by atoms with van der Waals surface area (Å²) in [5.74, 6) is 1.60. The van der Waals surface area contributed by atoms with Gasteiger partial charge in [0.05, 0.1) is 10.9 Å². The highest BCUT2D eigenvalue weighted by Crippen LogP contribution is 2.36. The topological polar surface area (TPSA) is 92.6 Å². The number of amides is 2. The number of benzene rings is 2. The molecule has 3 aliphatic rings. The number of hydrogen-bond donors (Lipinski definition) is 1. The Labute approximate surface area is 196 Å². The Morgan fingerprint density at radius 1 is 1.21 bits per heavy atom. The molecule has 0 radical (unpaired) electrons. The maximum Gasteiger partial charge on any atom is 0.259 e. The summed E-state index contributed by atoms with van der Waals surface area (Å²) in [5, 5.41) is 2.89. The predicted octanol–water partition coefficient (Wildman–Crippen LogP) is 3.98. The molecule has 0 bridgehead atoms. The van der Waals surface area contributed by atoms with Gasteiger partial charge in [-0.15, -0.1) is 0 Å². The fraction of sp³-hybridized carbons (Fsp3) is 0.333. The zero-order valence-corrected chi connectivity index (χ0v) is 19.2. The summed E-state index contributed by atoms with van der Waals surface area (Å²) >= 11 is 1.25. The van der Waals surface area contributed by atoms with Crippen molar-refractivity contribution in [3.8, 4) is 11.5 Å². The molecule has 8 nitrogen and oxygen atoms in total. The summed E-state index contributed by atoms with van der Waals surface area (Å²) < 4.78 is 11.1. The maximum atomic E-state index is 13.1. The van der Waals surface area contributed by atoms with E-state index in [1.54, 1.807) is 30.0 Å². The number of amidine groups is 2. The molecule has 0 saturated heterocycles. The minimum absolute atomic E-state index is 0.0907. The number of fused-ring (bicyclic) bond motifs is 4. The van der Waals surface area contributed by atoms with E-state index < -0.39 is 11.3 Å². The van der Waals surface area contributed by atoms with Gasteiger partial charge in [-0.2, -0.15) is 0 Å². The summed E-state index contributed by atoms with van der Waals surface area (Å²) in [7, 11) is 0. The smallest absolute Gasteiger partial charge is 0.259 e. The van der Waals surface area contributed by atoms with Crippen molar-refractivity contribution < 1.29 is 19.1 Å². The van der Waals surface area contributed by atoms with Gasteiger partial charge in [0, 0.05) is 17.3 Å². The fourth-order valence-corrected chi connectivity index (χ4v) is 4.83. The highest BCUT2D eigenvalue weighted by atomic mass is 32.2. The number of hydrogen-bond acceptors (Lipinski definition) is 7. The monoisotopic (exact) mass is 464 g/mol. The number of nitrogens with one attached hydrogen (secondary N) is 1. The summed E-state index contributed by atoms with van der Waals surface area (Å²) in [5.41, 5.74) is 2.21. The van der Waals surface area contributed by atoms with E-state index in [1.165, 1.54) is 11.8 Å². The third-order valence-electron chi connectivity index (χ3n) is 5.57. The Balaban J connectivity index is 1.36. The minimum atomic E-state index is -0.499. The van der Waals surface area contributed by atoms with Gasteiger partial charge in [-0.1, -0.05) is 37.2 Å². The van der Waals surface area contributed by atoms with Gasteiger partial charge in [-0.05, 0) is 37.6 Å². The molecule has 0 spiro atoms. The van der Waals surface area contributed by atoms with Crippen molar-refractivity contribution in [1.29, 1.82) is 0 Å². The number of nitrogens with zero attached hydrogens (tertiary/aromatic N) is 3. The molecule has 0 aliphatic carbocycles. The molecule has 2 aromatic carbocycles. The van der Waals surface area contributed by atoms with Crippen LogP contribution >= 0.6 is 11.8 Å². The van der Waals surface area contributed by atoms with Crippen LogP contribution in [0, 0.1) is 0 Å². The lowest BCUT2D eigenvalue weighted by molar-refractivity contribution is -0.124. The summed E-state index contributed by atoms with van der Waals surface area (Å²) in [6.45, 7) is 4.82. The molecule has 0 fully saturated rings. The van der Waals surface area contributed by atoms with Crippen LogP contribution in [0.3, 0.4) is 0 Å². The number of rotatable bonds is 5. The number of aliphatic imine (C=N–C) groups is 2. The van der Waals surface area contributed by atoms with E-state index in [9.17, 15) is 9.59 Å². The van der Waals surface area contributed by atoms with Crippen molar-refractivity contribution >= 4 is 46.0 Å². The molecule has 2 aromatic rings. The number of thioether (sulfide) groups is 1. The molecular weight excluding hydrogens is 440 g/mol. The highest BCUT2D eigenvalue weighted by molar-refractivity contribution is 8.15. The van der Waals surface area contributed by atoms with Gasteiger partial charge in [-0.3, -0.25) is 14.6 Å². The molecule has 0 unspecified atom stereocenters. The average molecular weight is 465 g/mol. The van der Waals surface area contributed by atoms with Gasteiger partial charge >= 0.3 is 0 Å². The molecular formula is C24H24N4O4S. The molecule has 33 heavy (non-hydrogen) atoms. The number of anilines is 1. The first-order valence-corrected chi connectivity index (χ1v) is 11.9. The molecule has 0 saturated carbocycles. The quantitative estimate of drug-likeness (QED) is 0.723. The zero-order chi connectivity index (χ0) is 22.9. The van der Waals surface area contributed by atoms with Crippen LogP contribution in [0.25, 0.3) is 0 Å². The van der Waals surface area contributed by atoms with E-state index in [-0.39, 0.29) is 11.8 Å². The van der Waals surface area contributed by atoms with Crippen LogP contribution in [0.2, 0.25) is 0 Å². The van der Waals surface area contributed by atoms with E-state index in [2.05, 4.69) is 5.32 Å². The minimum Gasteiger partial charge on any atom is -0.486 e. The van der Waals surface area contributed by atoms with E-state index in [1.807, 2.05) is 31.2 Å². The van der Waals surface area contributed by atoms with Gasteiger partial charge in [0.25, 0.3) is 5.91 Å². The molecule has 170 valence electrons. The van der Waals surface area contributed by atoms with Crippen molar-refractivity contribution in [1.82, 2.24) is 4.90 Å². The Kier molecular flexibility index (Phi) is 5.80.